The average Bonchev–Trinajstić information content (AvgIpc) is 3.05. The summed E-state index contributed by atoms with van der Waals surface area (Å²) in [6.45, 7) is 3.70. The summed E-state index contributed by atoms with van der Waals surface area (Å²) in [5.41, 5.74) is 0.892. The van der Waals surface area contributed by atoms with Gasteiger partial charge in [-0.25, -0.2) is 4.79 Å². The molecule has 114 valence electrons. The van der Waals surface area contributed by atoms with E-state index < -0.39 is 6.23 Å². The minimum Gasteiger partial charge on any atom is -0.423 e. The Hall–Kier alpha value is -1.99. The lowest BCUT2D eigenvalue weighted by molar-refractivity contribution is 0.126. The van der Waals surface area contributed by atoms with Crippen LogP contribution in [0.2, 0.25) is 0 Å². The molecule has 5 nitrogen and oxygen atoms in total. The van der Waals surface area contributed by atoms with Gasteiger partial charge in [0.2, 0.25) is 0 Å². The Kier molecular flexibility index (Phi) is 4.08. The molecule has 1 fully saturated rings. The third-order valence-electron chi connectivity index (χ3n) is 3.36. The lowest BCUT2D eigenvalue weighted by Gasteiger charge is -2.19. The number of ether oxygens (including phenoxy) is 1. The summed E-state index contributed by atoms with van der Waals surface area (Å²) in [6.07, 6.45) is 0.963. The van der Waals surface area contributed by atoms with Crippen LogP contribution >= 0.6 is 23.6 Å². The molecule has 0 bridgehead atoms. The summed E-state index contributed by atoms with van der Waals surface area (Å²) in [5.74, 6) is 0. The summed E-state index contributed by atoms with van der Waals surface area (Å²) >= 11 is 6.53. The van der Waals surface area contributed by atoms with Crippen molar-refractivity contribution in [3.8, 4) is 10.6 Å². The maximum Gasteiger partial charge on any atom is 0.417 e. The first kappa shape index (κ1) is 14.9. The number of thiophene rings is 1. The number of thiocarbonyl (C=S) groups is 1. The maximum atomic E-state index is 12.1. The fourth-order valence-electron chi connectivity index (χ4n) is 2.31. The standard InChI is InChI=1S/C15H15N3O2S2/c1-9-14(17-10(2)21)20-15(19)18(9)13-7-6-12(22-13)11-5-3-4-8-16-11/h3-9,14H,1-2H3,(H,17,21)/t9?,14-/m1/s1. The van der Waals surface area contributed by atoms with Gasteiger partial charge in [-0.3, -0.25) is 9.88 Å². The van der Waals surface area contributed by atoms with Gasteiger partial charge in [0.25, 0.3) is 0 Å². The van der Waals surface area contributed by atoms with Crippen LogP contribution in [0.25, 0.3) is 10.6 Å². The average molecular weight is 333 g/mol. The van der Waals surface area contributed by atoms with Crippen LogP contribution in [0, 0.1) is 0 Å². The Morgan fingerprint density at radius 1 is 1.41 bits per heavy atom. The highest BCUT2D eigenvalue weighted by molar-refractivity contribution is 7.80. The summed E-state index contributed by atoms with van der Waals surface area (Å²) < 4.78 is 5.35. The van der Waals surface area contributed by atoms with Crippen LogP contribution in [0.1, 0.15) is 13.8 Å². The third-order valence-corrected chi connectivity index (χ3v) is 4.59. The fraction of sp³-hybridized carbons (Fsp3) is 0.267. The Labute approximate surface area is 137 Å². The van der Waals surface area contributed by atoms with Crippen LogP contribution in [0.5, 0.6) is 0 Å². The summed E-state index contributed by atoms with van der Waals surface area (Å²) in [4.78, 5) is 19.7. The third kappa shape index (κ3) is 2.82. The molecule has 1 saturated heterocycles. The van der Waals surface area contributed by atoms with E-state index in [1.807, 2.05) is 37.3 Å². The first-order chi connectivity index (χ1) is 10.6. The van der Waals surface area contributed by atoms with Gasteiger partial charge >= 0.3 is 6.09 Å². The number of rotatable bonds is 3. The quantitative estimate of drug-likeness (QED) is 0.872. The molecule has 1 aliphatic rings. The monoisotopic (exact) mass is 333 g/mol. The number of carbonyl (C=O) groups is 1. The van der Waals surface area contributed by atoms with Crippen LogP contribution in [-0.2, 0) is 4.74 Å². The first-order valence-electron chi connectivity index (χ1n) is 6.84. The van der Waals surface area contributed by atoms with E-state index in [2.05, 4.69) is 10.3 Å². The lowest BCUT2D eigenvalue weighted by atomic mass is 10.2. The molecule has 22 heavy (non-hydrogen) atoms. The highest BCUT2D eigenvalue weighted by atomic mass is 32.1. The zero-order valence-electron chi connectivity index (χ0n) is 12.1. The number of anilines is 1. The normalized spacial score (nSPS) is 20.8. The number of pyridine rings is 1. The van der Waals surface area contributed by atoms with Crippen molar-refractivity contribution in [2.24, 2.45) is 0 Å². The maximum absolute atomic E-state index is 12.1. The number of hydrogen-bond acceptors (Lipinski definition) is 5. The summed E-state index contributed by atoms with van der Waals surface area (Å²) in [7, 11) is 0. The molecule has 0 spiro atoms. The molecule has 3 rings (SSSR count). The molecule has 0 saturated carbocycles. The first-order valence-corrected chi connectivity index (χ1v) is 8.07. The smallest absolute Gasteiger partial charge is 0.417 e. The minimum atomic E-state index is -0.426. The zero-order valence-corrected chi connectivity index (χ0v) is 13.8. The number of amides is 1. The number of cyclic esters (lactones) is 1. The van der Waals surface area contributed by atoms with E-state index in [4.69, 9.17) is 17.0 Å². The van der Waals surface area contributed by atoms with Crippen LogP contribution in [0.15, 0.2) is 36.5 Å². The molecule has 1 aliphatic heterocycles. The largest absolute Gasteiger partial charge is 0.423 e. The van der Waals surface area contributed by atoms with Crippen LogP contribution in [0.4, 0.5) is 9.80 Å². The van der Waals surface area contributed by atoms with E-state index in [0.717, 1.165) is 15.6 Å². The number of hydrogen-bond donors (Lipinski definition) is 1. The van der Waals surface area contributed by atoms with Crippen molar-refractivity contribution in [3.05, 3.63) is 36.5 Å². The van der Waals surface area contributed by atoms with Gasteiger partial charge in [-0.2, -0.15) is 0 Å². The molecule has 2 atom stereocenters. The lowest BCUT2D eigenvalue weighted by Crippen LogP contribution is -2.42. The van der Waals surface area contributed by atoms with Crippen molar-refractivity contribution in [2.75, 3.05) is 4.90 Å². The van der Waals surface area contributed by atoms with E-state index in [0.29, 0.717) is 4.99 Å². The summed E-state index contributed by atoms with van der Waals surface area (Å²) in [5, 5.41) is 3.84. The second-order valence-electron chi connectivity index (χ2n) is 4.97. The fourth-order valence-corrected chi connectivity index (χ4v) is 3.49. The molecule has 1 amide bonds. The van der Waals surface area contributed by atoms with E-state index in [-0.39, 0.29) is 12.1 Å². The van der Waals surface area contributed by atoms with Gasteiger partial charge in [-0.1, -0.05) is 18.3 Å². The van der Waals surface area contributed by atoms with Gasteiger partial charge in [0, 0.05) is 6.20 Å². The van der Waals surface area contributed by atoms with Gasteiger partial charge in [0.1, 0.15) is 5.00 Å². The van der Waals surface area contributed by atoms with Crippen molar-refractivity contribution >= 4 is 39.6 Å². The molecule has 1 unspecified atom stereocenters. The molecule has 2 aromatic heterocycles. The van der Waals surface area contributed by atoms with Gasteiger partial charge in [0.05, 0.1) is 21.6 Å². The van der Waals surface area contributed by atoms with Crippen molar-refractivity contribution in [1.29, 1.82) is 0 Å². The Morgan fingerprint density at radius 3 is 2.91 bits per heavy atom. The van der Waals surface area contributed by atoms with Gasteiger partial charge in [-0.05, 0) is 38.1 Å². The summed E-state index contributed by atoms with van der Waals surface area (Å²) in [6, 6.07) is 9.51. The van der Waals surface area contributed by atoms with Crippen LogP contribution in [0.3, 0.4) is 0 Å². The molecule has 0 aliphatic carbocycles. The van der Waals surface area contributed by atoms with Crippen molar-refractivity contribution in [3.63, 3.8) is 0 Å². The highest BCUT2D eigenvalue weighted by Crippen LogP contribution is 2.36. The second kappa shape index (κ2) is 6.02. The number of carbonyl (C=O) groups excluding carboxylic acids is 1. The van der Waals surface area contributed by atoms with E-state index >= 15 is 0 Å². The van der Waals surface area contributed by atoms with Crippen molar-refractivity contribution in [1.82, 2.24) is 10.3 Å². The molecule has 3 heterocycles. The Bertz CT molecular complexity index is 702. The SMILES string of the molecule is CC(=S)N[C@@H]1OC(=O)N(c2ccc(-c3ccccn3)s2)C1C. The minimum absolute atomic E-state index is 0.138. The molecule has 0 radical (unpaired) electrons. The Balaban J connectivity index is 1.84. The van der Waals surface area contributed by atoms with Gasteiger partial charge in [-0.15, -0.1) is 11.3 Å². The molecule has 1 N–H and O–H groups in total. The zero-order chi connectivity index (χ0) is 15.7. The van der Waals surface area contributed by atoms with Gasteiger partial charge < -0.3 is 10.1 Å². The van der Waals surface area contributed by atoms with E-state index in [1.54, 1.807) is 18.0 Å². The van der Waals surface area contributed by atoms with E-state index in [1.165, 1.54) is 11.3 Å². The van der Waals surface area contributed by atoms with E-state index in [9.17, 15) is 4.79 Å². The highest BCUT2D eigenvalue weighted by Gasteiger charge is 2.40. The van der Waals surface area contributed by atoms with Crippen molar-refractivity contribution < 1.29 is 9.53 Å². The van der Waals surface area contributed by atoms with Crippen molar-refractivity contribution in [2.45, 2.75) is 26.1 Å². The predicted molar refractivity (Wildman–Crippen MR) is 91.2 cm³/mol. The van der Waals surface area contributed by atoms with Crippen LogP contribution < -0.4 is 10.2 Å². The molecule has 0 aromatic carbocycles. The molecular formula is C15H15N3O2S2. The molecule has 2 aromatic rings. The second-order valence-corrected chi connectivity index (χ2v) is 6.64. The molecule has 7 heteroatoms. The van der Waals surface area contributed by atoms with Crippen LogP contribution in [-0.4, -0.2) is 28.3 Å². The number of nitrogens with one attached hydrogen (secondary N) is 1. The number of aromatic nitrogens is 1. The number of nitrogens with zero attached hydrogens (tertiary/aromatic N) is 2. The predicted octanol–water partition coefficient (Wildman–Crippen LogP) is 3.42. The Morgan fingerprint density at radius 2 is 2.23 bits per heavy atom. The topological polar surface area (TPSA) is 54.5 Å². The molecular weight excluding hydrogens is 318 g/mol. The van der Waals surface area contributed by atoms with Gasteiger partial charge in [0.15, 0.2) is 6.23 Å².